The Morgan fingerprint density at radius 1 is 0.933 bits per heavy atom. The second-order valence-corrected chi connectivity index (χ2v) is 8.53. The molecule has 0 radical (unpaired) electrons. The Balaban J connectivity index is 2.04. The average Bonchev–Trinajstić information content (AvgIpc) is 2.77. The molecular formula is C23H24N2O4S. The number of methoxy groups -OCH3 is 1. The summed E-state index contributed by atoms with van der Waals surface area (Å²) in [6.45, 7) is 1.98. The van der Waals surface area contributed by atoms with E-state index in [1.165, 1.54) is 32.4 Å². The first-order chi connectivity index (χ1) is 14.4. The van der Waals surface area contributed by atoms with Crippen LogP contribution >= 0.6 is 0 Å². The van der Waals surface area contributed by atoms with E-state index >= 15 is 0 Å². The smallest absolute Gasteiger partial charge is 0.254 e. The van der Waals surface area contributed by atoms with E-state index in [0.29, 0.717) is 5.75 Å². The second-order valence-electron chi connectivity index (χ2n) is 6.82. The van der Waals surface area contributed by atoms with Crippen LogP contribution in [-0.4, -0.2) is 28.5 Å². The van der Waals surface area contributed by atoms with Gasteiger partial charge in [-0.1, -0.05) is 60.2 Å². The second kappa shape index (κ2) is 9.11. The Kier molecular flexibility index (Phi) is 6.54. The van der Waals surface area contributed by atoms with Gasteiger partial charge in [-0.05, 0) is 36.2 Å². The third-order valence-corrected chi connectivity index (χ3v) is 6.19. The molecule has 0 saturated carbocycles. The van der Waals surface area contributed by atoms with Crippen molar-refractivity contribution in [1.29, 1.82) is 0 Å². The molecule has 7 heteroatoms. The van der Waals surface area contributed by atoms with Crippen LogP contribution in [0.1, 0.15) is 33.1 Å². The number of carbonyl (C=O) groups is 1. The zero-order valence-corrected chi connectivity index (χ0v) is 17.9. The zero-order valence-electron chi connectivity index (χ0n) is 17.0. The Bertz CT molecular complexity index is 1130. The van der Waals surface area contributed by atoms with Crippen LogP contribution in [0.15, 0.2) is 77.7 Å². The largest absolute Gasteiger partial charge is 0.496 e. The third-order valence-electron chi connectivity index (χ3n) is 4.77. The lowest BCUT2D eigenvalue weighted by atomic mass is 9.99. The molecule has 156 valence electrons. The Morgan fingerprint density at radius 3 is 2.17 bits per heavy atom. The first-order valence-corrected chi connectivity index (χ1v) is 10.9. The van der Waals surface area contributed by atoms with E-state index in [0.717, 1.165) is 16.7 Å². The maximum absolute atomic E-state index is 13.2. The van der Waals surface area contributed by atoms with Gasteiger partial charge in [0.05, 0.1) is 23.6 Å². The van der Waals surface area contributed by atoms with Crippen LogP contribution in [0, 0.1) is 6.92 Å². The normalized spacial score (nSPS) is 12.2. The van der Waals surface area contributed by atoms with Gasteiger partial charge in [0.1, 0.15) is 5.75 Å². The number of amides is 1. The van der Waals surface area contributed by atoms with Crippen LogP contribution in [0.4, 0.5) is 0 Å². The molecule has 0 spiro atoms. The molecule has 0 aliphatic heterocycles. The summed E-state index contributed by atoms with van der Waals surface area (Å²) >= 11 is 0. The van der Waals surface area contributed by atoms with Crippen molar-refractivity contribution in [3.8, 4) is 5.75 Å². The number of benzene rings is 3. The van der Waals surface area contributed by atoms with Crippen molar-refractivity contribution in [3.05, 3.63) is 95.1 Å². The van der Waals surface area contributed by atoms with Gasteiger partial charge >= 0.3 is 0 Å². The summed E-state index contributed by atoms with van der Waals surface area (Å²) in [4.78, 5) is 12.1. The van der Waals surface area contributed by atoms with Gasteiger partial charge in [0, 0.05) is 7.05 Å². The molecule has 1 atom stereocenters. The Hall–Kier alpha value is -3.16. The molecule has 0 aliphatic carbocycles. The summed E-state index contributed by atoms with van der Waals surface area (Å²) in [7, 11) is -1.04. The first-order valence-electron chi connectivity index (χ1n) is 9.39. The number of sulfonamides is 1. The quantitative estimate of drug-likeness (QED) is 0.609. The highest BCUT2D eigenvalue weighted by atomic mass is 32.2. The number of ether oxygens (including phenoxy) is 1. The first kappa shape index (κ1) is 21.5. The Morgan fingerprint density at radius 2 is 1.57 bits per heavy atom. The molecular weight excluding hydrogens is 400 g/mol. The molecule has 0 saturated heterocycles. The number of nitrogens with one attached hydrogen (secondary N) is 2. The van der Waals surface area contributed by atoms with Crippen LogP contribution in [0.3, 0.4) is 0 Å². The molecule has 2 N–H and O–H groups in total. The summed E-state index contributed by atoms with van der Waals surface area (Å²) in [5.74, 6) is -0.131. The topological polar surface area (TPSA) is 84.5 Å². The van der Waals surface area contributed by atoms with Crippen molar-refractivity contribution >= 4 is 15.9 Å². The van der Waals surface area contributed by atoms with Crippen molar-refractivity contribution in [3.63, 3.8) is 0 Å². The third kappa shape index (κ3) is 4.69. The van der Waals surface area contributed by atoms with Gasteiger partial charge in [0.25, 0.3) is 5.91 Å². The number of aryl methyl sites for hydroxylation is 1. The van der Waals surface area contributed by atoms with E-state index in [1.807, 2.05) is 61.5 Å². The molecule has 0 heterocycles. The van der Waals surface area contributed by atoms with Gasteiger partial charge in [-0.2, -0.15) is 4.72 Å². The van der Waals surface area contributed by atoms with Crippen molar-refractivity contribution < 1.29 is 17.9 Å². The zero-order chi connectivity index (χ0) is 21.7. The predicted octanol–water partition coefficient (Wildman–Crippen LogP) is 3.43. The summed E-state index contributed by atoms with van der Waals surface area (Å²) in [5.41, 5.74) is 2.86. The fourth-order valence-electron chi connectivity index (χ4n) is 3.12. The minimum absolute atomic E-state index is 0.0186. The highest BCUT2D eigenvalue weighted by Crippen LogP contribution is 2.27. The van der Waals surface area contributed by atoms with Crippen LogP contribution in [0.25, 0.3) is 0 Å². The van der Waals surface area contributed by atoms with E-state index in [-0.39, 0.29) is 10.5 Å². The summed E-state index contributed by atoms with van der Waals surface area (Å²) in [5, 5.41) is 2.50. The van der Waals surface area contributed by atoms with Crippen molar-refractivity contribution in [1.82, 2.24) is 10.0 Å². The molecule has 3 rings (SSSR count). The van der Waals surface area contributed by atoms with Gasteiger partial charge in [-0.25, -0.2) is 8.42 Å². The maximum atomic E-state index is 13.2. The molecule has 0 aromatic heterocycles. The van der Waals surface area contributed by atoms with Gasteiger partial charge < -0.3 is 10.1 Å². The minimum Gasteiger partial charge on any atom is -0.496 e. The minimum atomic E-state index is -3.94. The molecule has 3 aromatic carbocycles. The van der Waals surface area contributed by atoms with Crippen molar-refractivity contribution in [2.45, 2.75) is 17.9 Å². The van der Waals surface area contributed by atoms with E-state index < -0.39 is 22.0 Å². The van der Waals surface area contributed by atoms with Gasteiger partial charge in [0.2, 0.25) is 10.0 Å². The van der Waals surface area contributed by atoms with E-state index in [9.17, 15) is 13.2 Å². The number of carbonyl (C=O) groups excluding carboxylic acids is 1. The van der Waals surface area contributed by atoms with Gasteiger partial charge in [0.15, 0.2) is 0 Å². The van der Waals surface area contributed by atoms with E-state index in [4.69, 9.17) is 4.74 Å². The molecule has 6 nitrogen and oxygen atoms in total. The fourth-order valence-corrected chi connectivity index (χ4v) is 4.36. The summed E-state index contributed by atoms with van der Waals surface area (Å²) in [6, 6.07) is 20.7. The molecule has 0 aliphatic rings. The molecule has 1 amide bonds. The maximum Gasteiger partial charge on any atom is 0.254 e. The number of rotatable bonds is 7. The SMILES string of the molecule is CNC(=O)c1cc(S(=O)(=O)N[C@H](c2ccccc2)c2ccc(C)cc2)ccc1OC. The molecule has 0 bridgehead atoms. The highest BCUT2D eigenvalue weighted by Gasteiger charge is 2.25. The van der Waals surface area contributed by atoms with Crippen LogP contribution < -0.4 is 14.8 Å². The van der Waals surface area contributed by atoms with Gasteiger partial charge in [-0.3, -0.25) is 4.79 Å². The monoisotopic (exact) mass is 424 g/mol. The van der Waals surface area contributed by atoms with Crippen molar-refractivity contribution in [2.24, 2.45) is 0 Å². The fraction of sp³-hybridized carbons (Fsp3) is 0.174. The highest BCUT2D eigenvalue weighted by molar-refractivity contribution is 7.89. The van der Waals surface area contributed by atoms with Crippen LogP contribution in [0.5, 0.6) is 5.75 Å². The standard InChI is InChI=1S/C23H24N2O4S/c1-16-9-11-18(12-10-16)22(17-7-5-4-6-8-17)25-30(27,28)19-13-14-21(29-3)20(15-19)23(26)24-2/h4-15,22,25H,1-3H3,(H,24,26)/t22-/m1/s1. The predicted molar refractivity (Wildman–Crippen MR) is 116 cm³/mol. The number of hydrogen-bond acceptors (Lipinski definition) is 4. The molecule has 0 unspecified atom stereocenters. The average molecular weight is 425 g/mol. The lowest BCUT2D eigenvalue weighted by molar-refractivity contribution is 0.0960. The lowest BCUT2D eigenvalue weighted by Crippen LogP contribution is -2.30. The van der Waals surface area contributed by atoms with E-state index in [2.05, 4.69) is 10.0 Å². The van der Waals surface area contributed by atoms with Crippen molar-refractivity contribution in [2.75, 3.05) is 14.2 Å². The van der Waals surface area contributed by atoms with E-state index in [1.54, 1.807) is 0 Å². The lowest BCUT2D eigenvalue weighted by Gasteiger charge is -2.20. The molecule has 0 fully saturated rings. The van der Waals surface area contributed by atoms with Crippen LogP contribution in [-0.2, 0) is 10.0 Å². The van der Waals surface area contributed by atoms with Crippen LogP contribution in [0.2, 0.25) is 0 Å². The summed E-state index contributed by atoms with van der Waals surface area (Å²) in [6.07, 6.45) is 0. The Labute approximate surface area is 177 Å². The molecule has 30 heavy (non-hydrogen) atoms. The molecule has 3 aromatic rings. The van der Waals surface area contributed by atoms with Gasteiger partial charge in [-0.15, -0.1) is 0 Å². The summed E-state index contributed by atoms with van der Waals surface area (Å²) < 4.78 is 34.4. The number of hydrogen-bond donors (Lipinski definition) is 2.